The second-order valence-electron chi connectivity index (χ2n) is 5.69. The predicted molar refractivity (Wildman–Crippen MR) is 86.5 cm³/mol. The Labute approximate surface area is 132 Å². The maximum Gasteiger partial charge on any atom is 0.328 e. The van der Waals surface area contributed by atoms with Crippen LogP contribution in [0, 0.1) is 0 Å². The Kier molecular flexibility index (Phi) is 4.29. The van der Waals surface area contributed by atoms with Crippen molar-refractivity contribution in [2.45, 2.75) is 52.0 Å². The number of unbranched alkanes of at least 4 members (excludes halogenated alkanes) is 1. The number of nitrogens with zero attached hydrogens (tertiary/aromatic N) is 2. The molecule has 0 unspecified atom stereocenters. The number of hydrogen-bond donors (Lipinski definition) is 0. The van der Waals surface area contributed by atoms with Crippen LogP contribution in [0.1, 0.15) is 49.6 Å². The highest BCUT2D eigenvalue weighted by Crippen LogP contribution is 2.34. The molecular weight excluding hydrogens is 300 g/mol. The van der Waals surface area contributed by atoms with Gasteiger partial charge in [-0.05, 0) is 38.2 Å². The zero-order chi connectivity index (χ0) is 15.7. The summed E-state index contributed by atoms with van der Waals surface area (Å²) < 4.78 is 6.62. The van der Waals surface area contributed by atoms with Gasteiger partial charge in [0.1, 0.15) is 10.9 Å². The molecule has 2 aromatic rings. The maximum atomic E-state index is 12.7. The third-order valence-electron chi connectivity index (χ3n) is 4.15. The number of aryl methyl sites for hydroxylation is 2. The SMILES string of the molecule is CCCCOC(=O)[C@H](C)n1cnc2sc3c(c2c1=O)CCC3. The summed E-state index contributed by atoms with van der Waals surface area (Å²) in [5, 5.41) is 0.702. The first-order valence-electron chi connectivity index (χ1n) is 7.81. The van der Waals surface area contributed by atoms with Gasteiger partial charge < -0.3 is 4.74 Å². The molecule has 3 rings (SSSR count). The molecule has 2 aromatic heterocycles. The fourth-order valence-corrected chi connectivity index (χ4v) is 4.04. The molecular formula is C16H20N2O3S. The Bertz CT molecular complexity index is 763. The van der Waals surface area contributed by atoms with Crippen molar-refractivity contribution in [3.8, 4) is 0 Å². The minimum absolute atomic E-state index is 0.121. The van der Waals surface area contributed by atoms with Crippen molar-refractivity contribution >= 4 is 27.5 Å². The molecule has 6 heteroatoms. The van der Waals surface area contributed by atoms with Gasteiger partial charge >= 0.3 is 5.97 Å². The maximum absolute atomic E-state index is 12.7. The summed E-state index contributed by atoms with van der Waals surface area (Å²) in [6.07, 6.45) is 6.34. The highest BCUT2D eigenvalue weighted by atomic mass is 32.1. The van der Waals surface area contributed by atoms with E-state index in [2.05, 4.69) is 4.98 Å². The molecule has 0 aromatic carbocycles. The van der Waals surface area contributed by atoms with Crippen LogP contribution < -0.4 is 5.56 Å². The Hall–Kier alpha value is -1.69. The van der Waals surface area contributed by atoms with E-state index in [-0.39, 0.29) is 11.5 Å². The van der Waals surface area contributed by atoms with Crippen LogP contribution >= 0.6 is 11.3 Å². The van der Waals surface area contributed by atoms with Crippen molar-refractivity contribution in [2.24, 2.45) is 0 Å². The fraction of sp³-hybridized carbons (Fsp3) is 0.562. The van der Waals surface area contributed by atoms with Crippen LogP contribution in [0.4, 0.5) is 0 Å². The first-order valence-corrected chi connectivity index (χ1v) is 8.63. The number of esters is 1. The lowest BCUT2D eigenvalue weighted by Crippen LogP contribution is -2.29. The Balaban J connectivity index is 1.92. The van der Waals surface area contributed by atoms with E-state index < -0.39 is 6.04 Å². The van der Waals surface area contributed by atoms with Crippen LogP contribution in [0.25, 0.3) is 10.2 Å². The van der Waals surface area contributed by atoms with E-state index >= 15 is 0 Å². The summed E-state index contributed by atoms with van der Waals surface area (Å²) in [4.78, 5) is 31.3. The molecule has 0 fully saturated rings. The fourth-order valence-electron chi connectivity index (χ4n) is 2.82. The quantitative estimate of drug-likeness (QED) is 0.628. The number of carbonyl (C=O) groups excluding carboxylic acids is 1. The van der Waals surface area contributed by atoms with Crippen molar-refractivity contribution in [1.82, 2.24) is 9.55 Å². The Morgan fingerprint density at radius 1 is 1.50 bits per heavy atom. The molecule has 0 bridgehead atoms. The zero-order valence-corrected chi connectivity index (χ0v) is 13.7. The molecule has 2 heterocycles. The lowest BCUT2D eigenvalue weighted by molar-refractivity contribution is -0.147. The van der Waals surface area contributed by atoms with E-state index in [9.17, 15) is 9.59 Å². The molecule has 0 radical (unpaired) electrons. The van der Waals surface area contributed by atoms with E-state index in [0.717, 1.165) is 42.5 Å². The monoisotopic (exact) mass is 320 g/mol. The standard InChI is InChI=1S/C16H20N2O3S/c1-3-4-8-21-16(20)10(2)18-9-17-14-13(15(18)19)11-6-5-7-12(11)22-14/h9-10H,3-8H2,1-2H3/t10-/m0/s1. The van der Waals surface area contributed by atoms with Gasteiger partial charge in [-0.2, -0.15) is 0 Å². The number of fused-ring (bicyclic) bond motifs is 3. The zero-order valence-electron chi connectivity index (χ0n) is 12.9. The van der Waals surface area contributed by atoms with Crippen molar-refractivity contribution in [3.05, 3.63) is 27.1 Å². The van der Waals surface area contributed by atoms with Crippen molar-refractivity contribution < 1.29 is 9.53 Å². The Morgan fingerprint density at radius 3 is 3.09 bits per heavy atom. The highest BCUT2D eigenvalue weighted by molar-refractivity contribution is 7.18. The summed E-state index contributed by atoms with van der Waals surface area (Å²) in [5.74, 6) is -0.372. The smallest absolute Gasteiger partial charge is 0.328 e. The molecule has 1 atom stereocenters. The second kappa shape index (κ2) is 6.20. The third kappa shape index (κ3) is 2.56. The van der Waals surface area contributed by atoms with Crippen LogP contribution in [-0.4, -0.2) is 22.1 Å². The van der Waals surface area contributed by atoms with E-state index in [4.69, 9.17) is 4.74 Å². The van der Waals surface area contributed by atoms with Gasteiger partial charge in [0, 0.05) is 4.88 Å². The van der Waals surface area contributed by atoms with Crippen LogP contribution in [0.15, 0.2) is 11.1 Å². The van der Waals surface area contributed by atoms with Gasteiger partial charge in [-0.25, -0.2) is 9.78 Å². The molecule has 0 amide bonds. The number of rotatable bonds is 5. The van der Waals surface area contributed by atoms with E-state index in [1.54, 1.807) is 18.3 Å². The molecule has 1 aliphatic rings. The molecule has 5 nitrogen and oxygen atoms in total. The highest BCUT2D eigenvalue weighted by Gasteiger charge is 2.24. The van der Waals surface area contributed by atoms with Gasteiger partial charge in [0.2, 0.25) is 0 Å². The third-order valence-corrected chi connectivity index (χ3v) is 5.35. The van der Waals surface area contributed by atoms with Crippen molar-refractivity contribution in [3.63, 3.8) is 0 Å². The lowest BCUT2D eigenvalue weighted by atomic mass is 10.2. The molecule has 1 aliphatic carbocycles. The normalized spacial score (nSPS) is 15.0. The Morgan fingerprint density at radius 2 is 2.32 bits per heavy atom. The minimum Gasteiger partial charge on any atom is -0.464 e. The molecule has 118 valence electrons. The molecule has 0 N–H and O–H groups in total. The topological polar surface area (TPSA) is 61.2 Å². The lowest BCUT2D eigenvalue weighted by Gasteiger charge is -2.14. The summed E-state index contributed by atoms with van der Waals surface area (Å²) in [7, 11) is 0. The summed E-state index contributed by atoms with van der Waals surface area (Å²) in [6.45, 7) is 4.13. The minimum atomic E-state index is -0.641. The van der Waals surface area contributed by atoms with Crippen LogP contribution in [-0.2, 0) is 22.4 Å². The van der Waals surface area contributed by atoms with E-state index in [0.29, 0.717) is 12.0 Å². The second-order valence-corrected chi connectivity index (χ2v) is 6.78. The summed E-state index contributed by atoms with van der Waals surface area (Å²) in [5.41, 5.74) is 1.02. The van der Waals surface area contributed by atoms with E-state index in [1.807, 2.05) is 6.92 Å². The molecule has 0 spiro atoms. The molecule has 0 saturated carbocycles. The first-order chi connectivity index (χ1) is 10.6. The number of carbonyl (C=O) groups is 1. The van der Waals surface area contributed by atoms with Crippen LogP contribution in [0.3, 0.4) is 0 Å². The van der Waals surface area contributed by atoms with E-state index in [1.165, 1.54) is 15.8 Å². The summed E-state index contributed by atoms with van der Waals surface area (Å²) in [6, 6.07) is -0.641. The molecule has 22 heavy (non-hydrogen) atoms. The largest absolute Gasteiger partial charge is 0.464 e. The van der Waals surface area contributed by atoms with Gasteiger partial charge in [0.15, 0.2) is 0 Å². The summed E-state index contributed by atoms with van der Waals surface area (Å²) >= 11 is 1.61. The van der Waals surface area contributed by atoms with Crippen LogP contribution in [0.5, 0.6) is 0 Å². The molecule has 0 saturated heterocycles. The van der Waals surface area contributed by atoms with Gasteiger partial charge in [0.25, 0.3) is 5.56 Å². The van der Waals surface area contributed by atoms with Crippen molar-refractivity contribution in [2.75, 3.05) is 6.61 Å². The molecule has 0 aliphatic heterocycles. The number of thiophene rings is 1. The van der Waals surface area contributed by atoms with Gasteiger partial charge in [-0.1, -0.05) is 13.3 Å². The average Bonchev–Trinajstić information content (AvgIpc) is 3.07. The number of ether oxygens (including phenoxy) is 1. The van der Waals surface area contributed by atoms with Gasteiger partial charge in [-0.15, -0.1) is 11.3 Å². The number of aromatic nitrogens is 2. The average molecular weight is 320 g/mol. The van der Waals surface area contributed by atoms with Crippen LogP contribution in [0.2, 0.25) is 0 Å². The van der Waals surface area contributed by atoms with Gasteiger partial charge in [-0.3, -0.25) is 9.36 Å². The predicted octanol–water partition coefficient (Wildman–Crippen LogP) is 2.85. The first kappa shape index (κ1) is 15.2. The number of hydrogen-bond acceptors (Lipinski definition) is 5. The van der Waals surface area contributed by atoms with Gasteiger partial charge in [0.05, 0.1) is 18.3 Å². The van der Waals surface area contributed by atoms with Crippen molar-refractivity contribution in [1.29, 1.82) is 0 Å².